The Kier molecular flexibility index (Phi) is 10.9. The van der Waals surface area contributed by atoms with E-state index >= 15 is 0 Å². The number of aromatic hydroxyl groups is 1. The number of rotatable bonds is 13. The molecule has 1 saturated heterocycles. The summed E-state index contributed by atoms with van der Waals surface area (Å²) in [5.41, 5.74) is 6.48. The average Bonchev–Trinajstić information content (AvgIpc) is 3.35. The summed E-state index contributed by atoms with van der Waals surface area (Å²) in [4.78, 5) is 63.1. The Morgan fingerprint density at radius 2 is 1.76 bits per heavy atom. The Morgan fingerprint density at radius 1 is 1.11 bits per heavy atom. The van der Waals surface area contributed by atoms with E-state index in [1.807, 2.05) is 0 Å². The predicted molar refractivity (Wildman–Crippen MR) is 132 cm³/mol. The number of phenolic OH excluding ortho intramolecular Hbond substituents is 1. The molecule has 1 aromatic rings. The molecule has 1 fully saturated rings. The number of phenols is 1. The molecule has 0 saturated carbocycles. The van der Waals surface area contributed by atoms with Crippen molar-refractivity contribution in [1.29, 1.82) is 0 Å². The fraction of sp³-hybridized carbons (Fsp3) is 0.560. The van der Waals surface area contributed by atoms with Gasteiger partial charge in [0.1, 0.15) is 23.9 Å². The topological polar surface area (TPSA) is 199 Å². The molecule has 1 aliphatic rings. The normalized spacial score (nSPS) is 18.4. The number of hydrogen-bond donors (Lipinski definition) is 6. The van der Waals surface area contributed by atoms with Crippen LogP contribution in [0.25, 0.3) is 0 Å². The van der Waals surface area contributed by atoms with Crippen LogP contribution in [0.3, 0.4) is 0 Å². The number of carbonyl (C=O) groups excluding carboxylic acids is 3. The van der Waals surface area contributed by atoms with E-state index in [0.717, 1.165) is 0 Å². The summed E-state index contributed by atoms with van der Waals surface area (Å²) >= 11 is 0. The number of aliphatic carboxylic acids is 2. The van der Waals surface area contributed by atoms with Crippen LogP contribution in [-0.2, 0) is 30.4 Å². The minimum Gasteiger partial charge on any atom is -0.508 e. The van der Waals surface area contributed by atoms with E-state index in [0.29, 0.717) is 24.8 Å². The Hall–Kier alpha value is -3.67. The van der Waals surface area contributed by atoms with Gasteiger partial charge in [0.25, 0.3) is 0 Å². The summed E-state index contributed by atoms with van der Waals surface area (Å²) in [5, 5.41) is 33.2. The van der Waals surface area contributed by atoms with E-state index in [9.17, 15) is 34.2 Å². The molecular weight excluding hydrogens is 484 g/mol. The van der Waals surface area contributed by atoms with Crippen molar-refractivity contribution in [3.05, 3.63) is 29.8 Å². The number of benzene rings is 1. The zero-order valence-electron chi connectivity index (χ0n) is 21.1. The summed E-state index contributed by atoms with van der Waals surface area (Å²) in [6.45, 7) is 3.76. The summed E-state index contributed by atoms with van der Waals surface area (Å²) in [6, 6.07) is 1.74. The highest BCUT2D eigenvalue weighted by Gasteiger charge is 2.38. The fourth-order valence-electron chi connectivity index (χ4n) is 4.20. The molecule has 1 heterocycles. The maximum absolute atomic E-state index is 13.2. The molecule has 0 radical (unpaired) electrons. The van der Waals surface area contributed by atoms with Gasteiger partial charge in [-0.15, -0.1) is 0 Å². The lowest BCUT2D eigenvalue weighted by Gasteiger charge is -2.29. The number of carbonyl (C=O) groups is 5. The van der Waals surface area contributed by atoms with Crippen molar-refractivity contribution < 1.29 is 39.3 Å². The molecule has 1 aromatic carbocycles. The molecule has 0 aromatic heterocycles. The highest BCUT2D eigenvalue weighted by atomic mass is 16.4. The molecule has 2 rings (SSSR count). The molecule has 7 N–H and O–H groups in total. The number of nitrogens with one attached hydrogen (secondary N) is 2. The lowest BCUT2D eigenvalue weighted by atomic mass is 9.98. The van der Waals surface area contributed by atoms with Crippen LogP contribution < -0.4 is 16.4 Å². The summed E-state index contributed by atoms with van der Waals surface area (Å²) in [6.07, 6.45) is 1.03. The van der Waals surface area contributed by atoms with Gasteiger partial charge in [-0.2, -0.15) is 0 Å². The molecule has 37 heavy (non-hydrogen) atoms. The first-order valence-corrected chi connectivity index (χ1v) is 12.3. The lowest BCUT2D eigenvalue weighted by molar-refractivity contribution is -0.144. The number of hydrogen-bond acceptors (Lipinski definition) is 7. The summed E-state index contributed by atoms with van der Waals surface area (Å²) in [5.74, 6) is -4.44. The van der Waals surface area contributed by atoms with Gasteiger partial charge in [0.2, 0.25) is 17.7 Å². The largest absolute Gasteiger partial charge is 0.508 e. The molecule has 204 valence electrons. The van der Waals surface area contributed by atoms with Crippen molar-refractivity contribution >= 4 is 29.7 Å². The smallest absolute Gasteiger partial charge is 0.326 e. The Labute approximate surface area is 215 Å². The number of amides is 3. The van der Waals surface area contributed by atoms with Gasteiger partial charge < -0.3 is 36.6 Å². The first kappa shape index (κ1) is 29.6. The van der Waals surface area contributed by atoms with Gasteiger partial charge in [-0.25, -0.2) is 4.79 Å². The van der Waals surface area contributed by atoms with Crippen LogP contribution in [0, 0.1) is 5.92 Å². The van der Waals surface area contributed by atoms with Gasteiger partial charge >= 0.3 is 11.9 Å². The summed E-state index contributed by atoms with van der Waals surface area (Å²) in [7, 11) is 0. The van der Waals surface area contributed by atoms with Crippen LogP contribution in [0.4, 0.5) is 0 Å². The molecule has 5 unspecified atom stereocenters. The SMILES string of the molecule is CCC(C)C(NC(=O)C(Cc1ccc(O)cc1)NC(=O)C1CCCN1C(=O)C(N)CCC(=O)O)C(=O)O. The van der Waals surface area contributed by atoms with Gasteiger partial charge in [0, 0.05) is 19.4 Å². The van der Waals surface area contributed by atoms with E-state index < -0.39 is 53.8 Å². The van der Waals surface area contributed by atoms with Crippen molar-refractivity contribution in [2.45, 2.75) is 76.5 Å². The number of nitrogens with zero attached hydrogens (tertiary/aromatic N) is 1. The zero-order valence-corrected chi connectivity index (χ0v) is 21.1. The van der Waals surface area contributed by atoms with Crippen molar-refractivity contribution in [2.75, 3.05) is 6.54 Å². The second-order valence-corrected chi connectivity index (χ2v) is 9.37. The monoisotopic (exact) mass is 520 g/mol. The molecule has 1 aliphatic heterocycles. The predicted octanol–water partition coefficient (Wildman–Crippen LogP) is 0.218. The van der Waals surface area contributed by atoms with E-state index in [-0.39, 0.29) is 37.5 Å². The lowest BCUT2D eigenvalue weighted by Crippen LogP contribution is -2.57. The van der Waals surface area contributed by atoms with Crippen LogP contribution in [0.1, 0.15) is 51.5 Å². The maximum Gasteiger partial charge on any atom is 0.326 e. The third-order valence-electron chi connectivity index (χ3n) is 6.61. The highest BCUT2D eigenvalue weighted by Crippen LogP contribution is 2.20. The van der Waals surface area contributed by atoms with Crippen molar-refractivity contribution in [3.63, 3.8) is 0 Å². The fourth-order valence-corrected chi connectivity index (χ4v) is 4.20. The summed E-state index contributed by atoms with van der Waals surface area (Å²) < 4.78 is 0. The standard InChI is InChI=1S/C25H36N4O8/c1-3-14(2)21(25(36)37)28-22(33)18(13-15-6-8-16(30)9-7-15)27-23(34)19-5-4-12-29(19)24(35)17(26)10-11-20(31)32/h6-9,14,17-19,21,30H,3-5,10-13,26H2,1-2H3,(H,27,34)(H,28,33)(H,31,32)(H,36,37). The second kappa shape index (κ2) is 13.6. The van der Waals surface area contributed by atoms with Gasteiger partial charge in [-0.05, 0) is 42.9 Å². The van der Waals surface area contributed by atoms with E-state index in [4.69, 9.17) is 10.8 Å². The number of carboxylic acid groups (broad SMARTS) is 2. The molecule has 3 amide bonds. The first-order chi connectivity index (χ1) is 17.4. The number of likely N-dealkylation sites (tertiary alicyclic amines) is 1. The van der Waals surface area contributed by atoms with Crippen molar-refractivity contribution in [1.82, 2.24) is 15.5 Å². The van der Waals surface area contributed by atoms with Crippen LogP contribution in [0.5, 0.6) is 5.75 Å². The maximum atomic E-state index is 13.2. The van der Waals surface area contributed by atoms with Gasteiger partial charge in [-0.1, -0.05) is 32.4 Å². The average molecular weight is 521 g/mol. The minimum absolute atomic E-state index is 0.0174. The Morgan fingerprint density at radius 3 is 2.32 bits per heavy atom. The molecule has 12 heteroatoms. The first-order valence-electron chi connectivity index (χ1n) is 12.3. The van der Waals surface area contributed by atoms with Crippen LogP contribution in [0.2, 0.25) is 0 Å². The molecular formula is C25H36N4O8. The third kappa shape index (κ3) is 8.45. The zero-order chi connectivity index (χ0) is 27.7. The Bertz CT molecular complexity index is 983. The number of nitrogens with two attached hydrogens (primary N) is 1. The second-order valence-electron chi connectivity index (χ2n) is 9.37. The van der Waals surface area contributed by atoms with Gasteiger partial charge in [0.15, 0.2) is 0 Å². The molecule has 0 spiro atoms. The molecule has 0 bridgehead atoms. The van der Waals surface area contributed by atoms with Gasteiger partial charge in [0.05, 0.1) is 6.04 Å². The van der Waals surface area contributed by atoms with E-state index in [1.165, 1.54) is 17.0 Å². The van der Waals surface area contributed by atoms with E-state index in [1.54, 1.807) is 26.0 Å². The van der Waals surface area contributed by atoms with Crippen LogP contribution in [0.15, 0.2) is 24.3 Å². The van der Waals surface area contributed by atoms with Crippen molar-refractivity contribution in [3.8, 4) is 5.75 Å². The molecule has 12 nitrogen and oxygen atoms in total. The molecule has 5 atom stereocenters. The van der Waals surface area contributed by atoms with E-state index in [2.05, 4.69) is 10.6 Å². The minimum atomic E-state index is -1.19. The number of carboxylic acids is 2. The van der Waals surface area contributed by atoms with Gasteiger partial charge in [-0.3, -0.25) is 19.2 Å². The third-order valence-corrected chi connectivity index (χ3v) is 6.61. The van der Waals surface area contributed by atoms with Crippen molar-refractivity contribution in [2.24, 2.45) is 11.7 Å². The van der Waals surface area contributed by atoms with Crippen LogP contribution in [-0.4, -0.2) is 80.6 Å². The quantitative estimate of drug-likeness (QED) is 0.210. The molecule has 0 aliphatic carbocycles. The van der Waals surface area contributed by atoms with Crippen LogP contribution >= 0.6 is 0 Å². The highest BCUT2D eigenvalue weighted by molar-refractivity contribution is 5.94. The Balaban J connectivity index is 2.21.